The van der Waals surface area contributed by atoms with Crippen molar-refractivity contribution in [3.8, 4) is 0 Å². The monoisotopic (exact) mass is 459 g/mol. The van der Waals surface area contributed by atoms with Gasteiger partial charge in [-0.15, -0.1) is 0 Å². The molecular weight excluding hydrogens is 429 g/mol. The number of carbonyl (C=O) groups is 1. The molecule has 4 rings (SSSR count). The molecule has 1 atom stereocenters. The summed E-state index contributed by atoms with van der Waals surface area (Å²) in [5.41, 5.74) is 1.88. The minimum absolute atomic E-state index is 0.0454. The number of amides is 1. The van der Waals surface area contributed by atoms with Crippen LogP contribution in [0.4, 0.5) is 15.8 Å². The van der Waals surface area contributed by atoms with Crippen LogP contribution in [-0.4, -0.2) is 44.8 Å². The number of piperidine rings is 1. The maximum atomic E-state index is 13.2. The van der Waals surface area contributed by atoms with Gasteiger partial charge < -0.3 is 10.2 Å². The molecule has 0 saturated carbocycles. The fraction of sp³-hybridized carbons (Fsp3) is 0.458. The molecule has 0 aliphatic carbocycles. The van der Waals surface area contributed by atoms with Gasteiger partial charge in [0.05, 0.1) is 10.8 Å². The van der Waals surface area contributed by atoms with Crippen LogP contribution >= 0.6 is 0 Å². The lowest BCUT2D eigenvalue weighted by Gasteiger charge is -2.31. The number of carbonyl (C=O) groups excluding carboxylic acids is 1. The average Bonchev–Trinajstić information content (AvgIpc) is 3.10. The van der Waals surface area contributed by atoms with E-state index < -0.39 is 21.8 Å². The van der Waals surface area contributed by atoms with E-state index in [-0.39, 0.29) is 17.3 Å². The van der Waals surface area contributed by atoms with E-state index in [2.05, 4.69) is 10.2 Å². The van der Waals surface area contributed by atoms with Crippen molar-refractivity contribution >= 4 is 27.3 Å². The summed E-state index contributed by atoms with van der Waals surface area (Å²) in [6, 6.07) is 12.7. The first-order valence-electron chi connectivity index (χ1n) is 11.3. The summed E-state index contributed by atoms with van der Waals surface area (Å²) in [6.45, 7) is 2.60. The minimum Gasteiger partial charge on any atom is -0.372 e. The molecule has 6 nitrogen and oxygen atoms in total. The maximum absolute atomic E-state index is 13.2. The Morgan fingerprint density at radius 3 is 2.19 bits per heavy atom. The Hall–Kier alpha value is -2.45. The first-order chi connectivity index (χ1) is 15.4. The second-order valence-corrected chi connectivity index (χ2v) is 10.5. The quantitative estimate of drug-likeness (QED) is 0.726. The predicted molar refractivity (Wildman–Crippen MR) is 124 cm³/mol. The lowest BCUT2D eigenvalue weighted by molar-refractivity contribution is -0.120. The predicted octanol–water partition coefficient (Wildman–Crippen LogP) is 4.25. The highest BCUT2D eigenvalue weighted by atomic mass is 32.2. The van der Waals surface area contributed by atoms with Crippen LogP contribution in [0.15, 0.2) is 53.4 Å². The third kappa shape index (κ3) is 5.30. The van der Waals surface area contributed by atoms with E-state index in [0.29, 0.717) is 25.1 Å². The second-order valence-electron chi connectivity index (χ2n) is 8.59. The van der Waals surface area contributed by atoms with Crippen molar-refractivity contribution in [1.82, 2.24) is 4.31 Å². The zero-order valence-corrected chi connectivity index (χ0v) is 19.0. The standard InChI is InChI=1S/C24H30FN3O3S/c25-20-7-13-23(14-8-20)32(30,31)28-17-5-6-19(18-28)24(29)26-21-9-11-22(12-10-21)27-15-3-1-2-4-16-27/h7-14,19H,1-6,15-18H2,(H,26,29). The SMILES string of the molecule is O=C(Nc1ccc(N2CCCCCC2)cc1)C1CCCN(S(=O)(=O)c2ccc(F)cc2)C1. The molecule has 172 valence electrons. The molecule has 0 radical (unpaired) electrons. The summed E-state index contributed by atoms with van der Waals surface area (Å²) in [6.07, 6.45) is 6.20. The van der Waals surface area contributed by atoms with Crippen molar-refractivity contribution in [2.75, 3.05) is 36.4 Å². The van der Waals surface area contributed by atoms with E-state index in [9.17, 15) is 17.6 Å². The van der Waals surface area contributed by atoms with E-state index in [1.54, 1.807) is 0 Å². The summed E-state index contributed by atoms with van der Waals surface area (Å²) in [4.78, 5) is 15.3. The lowest BCUT2D eigenvalue weighted by Crippen LogP contribution is -2.43. The molecule has 0 spiro atoms. The number of nitrogens with zero attached hydrogens (tertiary/aromatic N) is 2. The van der Waals surface area contributed by atoms with Crippen molar-refractivity contribution in [3.05, 3.63) is 54.3 Å². The number of nitrogens with one attached hydrogen (secondary N) is 1. The van der Waals surface area contributed by atoms with Crippen LogP contribution in [0.1, 0.15) is 38.5 Å². The van der Waals surface area contributed by atoms with Crippen LogP contribution in [0.3, 0.4) is 0 Å². The summed E-state index contributed by atoms with van der Waals surface area (Å²) in [7, 11) is -3.76. The number of anilines is 2. The summed E-state index contributed by atoms with van der Waals surface area (Å²) in [5, 5.41) is 2.94. The van der Waals surface area contributed by atoms with Gasteiger partial charge >= 0.3 is 0 Å². The zero-order valence-electron chi connectivity index (χ0n) is 18.2. The van der Waals surface area contributed by atoms with Gasteiger partial charge in [0.25, 0.3) is 0 Å². The number of halogens is 1. The third-order valence-corrected chi connectivity index (χ3v) is 8.19. The van der Waals surface area contributed by atoms with Crippen molar-refractivity contribution in [1.29, 1.82) is 0 Å². The van der Waals surface area contributed by atoms with E-state index in [0.717, 1.165) is 25.2 Å². The molecule has 1 N–H and O–H groups in total. The molecule has 0 aromatic heterocycles. The van der Waals surface area contributed by atoms with Gasteiger partial charge in [-0.25, -0.2) is 12.8 Å². The van der Waals surface area contributed by atoms with Gasteiger partial charge in [-0.05, 0) is 74.2 Å². The van der Waals surface area contributed by atoms with Crippen LogP contribution < -0.4 is 10.2 Å². The zero-order chi connectivity index (χ0) is 22.6. The molecule has 0 bridgehead atoms. The van der Waals surface area contributed by atoms with Crippen LogP contribution in [-0.2, 0) is 14.8 Å². The fourth-order valence-electron chi connectivity index (χ4n) is 4.46. The summed E-state index contributed by atoms with van der Waals surface area (Å²) < 4.78 is 40.3. The number of hydrogen-bond acceptors (Lipinski definition) is 4. The fourth-order valence-corrected chi connectivity index (χ4v) is 5.98. The molecule has 8 heteroatoms. The lowest BCUT2D eigenvalue weighted by atomic mass is 9.98. The van der Waals surface area contributed by atoms with Crippen molar-refractivity contribution in [2.45, 2.75) is 43.4 Å². The molecule has 2 aliphatic heterocycles. The highest BCUT2D eigenvalue weighted by Crippen LogP contribution is 2.26. The van der Waals surface area contributed by atoms with Crippen molar-refractivity contribution in [3.63, 3.8) is 0 Å². The molecule has 2 aromatic rings. The Labute approximate surface area is 189 Å². The maximum Gasteiger partial charge on any atom is 0.243 e. The minimum atomic E-state index is -3.76. The summed E-state index contributed by atoms with van der Waals surface area (Å²) in [5.74, 6) is -1.09. The van der Waals surface area contributed by atoms with Crippen LogP contribution in [0, 0.1) is 11.7 Å². The molecular formula is C24H30FN3O3S. The van der Waals surface area contributed by atoms with Gasteiger partial charge in [0, 0.05) is 37.6 Å². The Morgan fingerprint density at radius 1 is 0.875 bits per heavy atom. The van der Waals surface area contributed by atoms with Gasteiger partial charge in [-0.3, -0.25) is 4.79 Å². The highest BCUT2D eigenvalue weighted by Gasteiger charge is 2.33. The Bertz CT molecular complexity index is 1020. The second kappa shape index (κ2) is 10.0. The topological polar surface area (TPSA) is 69.7 Å². The largest absolute Gasteiger partial charge is 0.372 e. The van der Waals surface area contributed by atoms with Gasteiger partial charge in [-0.1, -0.05) is 12.8 Å². The van der Waals surface area contributed by atoms with Crippen LogP contribution in [0.5, 0.6) is 0 Å². The first-order valence-corrected chi connectivity index (χ1v) is 12.8. The van der Waals surface area contributed by atoms with Gasteiger partial charge in [0.1, 0.15) is 5.82 Å². The molecule has 1 amide bonds. The highest BCUT2D eigenvalue weighted by molar-refractivity contribution is 7.89. The number of sulfonamides is 1. The summed E-state index contributed by atoms with van der Waals surface area (Å²) >= 11 is 0. The van der Waals surface area contributed by atoms with Gasteiger partial charge in [-0.2, -0.15) is 4.31 Å². The Morgan fingerprint density at radius 2 is 1.53 bits per heavy atom. The molecule has 2 aliphatic rings. The van der Waals surface area contributed by atoms with E-state index >= 15 is 0 Å². The van der Waals surface area contributed by atoms with Gasteiger partial charge in [0.2, 0.25) is 15.9 Å². The smallest absolute Gasteiger partial charge is 0.243 e. The van der Waals surface area contributed by atoms with Crippen LogP contribution in [0.25, 0.3) is 0 Å². The number of benzene rings is 2. The molecule has 2 saturated heterocycles. The molecule has 2 fully saturated rings. The van der Waals surface area contributed by atoms with E-state index in [1.807, 2.05) is 24.3 Å². The van der Waals surface area contributed by atoms with Crippen molar-refractivity contribution in [2.24, 2.45) is 5.92 Å². The molecule has 1 unspecified atom stereocenters. The van der Waals surface area contributed by atoms with Crippen molar-refractivity contribution < 1.29 is 17.6 Å². The Kier molecular flexibility index (Phi) is 7.10. The van der Waals surface area contributed by atoms with E-state index in [1.165, 1.54) is 47.8 Å². The molecule has 2 aromatic carbocycles. The van der Waals surface area contributed by atoms with Crippen LogP contribution in [0.2, 0.25) is 0 Å². The van der Waals surface area contributed by atoms with E-state index in [4.69, 9.17) is 0 Å². The Balaban J connectivity index is 1.38. The average molecular weight is 460 g/mol. The third-order valence-electron chi connectivity index (χ3n) is 6.31. The van der Waals surface area contributed by atoms with Gasteiger partial charge in [0.15, 0.2) is 0 Å². The first kappa shape index (κ1) is 22.7. The normalized spacial score (nSPS) is 20.5. The molecule has 2 heterocycles. The number of rotatable bonds is 5. The number of hydrogen-bond donors (Lipinski definition) is 1. The molecule has 32 heavy (non-hydrogen) atoms.